The average molecular weight is 586 g/mol. The summed E-state index contributed by atoms with van der Waals surface area (Å²) < 4.78 is 40.8. The van der Waals surface area contributed by atoms with Crippen molar-refractivity contribution in [3.8, 4) is 11.8 Å². The molecule has 0 spiro atoms. The van der Waals surface area contributed by atoms with Crippen molar-refractivity contribution in [3.05, 3.63) is 35.5 Å². The van der Waals surface area contributed by atoms with Gasteiger partial charge in [-0.2, -0.15) is 9.29 Å². The Morgan fingerprint density at radius 2 is 1.63 bits per heavy atom. The zero-order valence-corrected chi connectivity index (χ0v) is 25.9. The molecule has 1 atom stereocenters. The Hall–Kier alpha value is -2.43. The van der Waals surface area contributed by atoms with Crippen LogP contribution >= 0.6 is 0 Å². The Kier molecular flexibility index (Phi) is 10.0. The third-order valence-corrected chi connectivity index (χ3v) is 11.3. The van der Waals surface area contributed by atoms with Gasteiger partial charge in [0.15, 0.2) is 0 Å². The largest absolute Gasteiger partial charge is 0.497 e. The standard InChI is InChI=1S/C31H47N5O4S/c1-24-21-28(39-3)22-25(2)30(24)41(37,38)36-17-8-5-9-27(36)23-40-31-32-14-10-29(33-31)35-19-12-26(13-20-35)11-18-34-15-6-4-7-16-34/h10,14,21-22,26-27H,4-9,11-13,15-20,23H2,1-3H3. The summed E-state index contributed by atoms with van der Waals surface area (Å²) in [7, 11) is -2.10. The number of likely N-dealkylation sites (tertiary alicyclic amines) is 1. The van der Waals surface area contributed by atoms with E-state index in [1.807, 2.05) is 19.9 Å². The van der Waals surface area contributed by atoms with Gasteiger partial charge in [0.05, 0.1) is 18.0 Å². The second-order valence-corrected chi connectivity index (χ2v) is 13.8. The summed E-state index contributed by atoms with van der Waals surface area (Å²) in [5.74, 6) is 2.33. The van der Waals surface area contributed by atoms with Crippen LogP contribution in [0, 0.1) is 19.8 Å². The van der Waals surface area contributed by atoms with Crippen molar-refractivity contribution in [2.75, 3.05) is 57.9 Å². The number of methoxy groups -OCH3 is 1. The molecule has 226 valence electrons. The van der Waals surface area contributed by atoms with Crippen LogP contribution in [0.5, 0.6) is 11.8 Å². The lowest BCUT2D eigenvalue weighted by Crippen LogP contribution is -2.47. The van der Waals surface area contributed by atoms with E-state index in [9.17, 15) is 8.42 Å². The molecule has 3 fully saturated rings. The Balaban J connectivity index is 1.18. The van der Waals surface area contributed by atoms with Gasteiger partial charge in [-0.15, -0.1) is 0 Å². The van der Waals surface area contributed by atoms with Gasteiger partial charge in [0, 0.05) is 25.8 Å². The first-order valence-electron chi connectivity index (χ1n) is 15.5. The number of ether oxygens (including phenoxy) is 2. The first-order chi connectivity index (χ1) is 19.8. The maximum atomic E-state index is 13.9. The van der Waals surface area contributed by atoms with Gasteiger partial charge in [0.2, 0.25) is 10.0 Å². The quantitative estimate of drug-likeness (QED) is 0.392. The van der Waals surface area contributed by atoms with Crippen LogP contribution in [0.15, 0.2) is 29.3 Å². The summed E-state index contributed by atoms with van der Waals surface area (Å²) in [6.07, 6.45) is 12.1. The number of anilines is 1. The fourth-order valence-corrected chi connectivity index (χ4v) is 8.85. The molecular weight excluding hydrogens is 538 g/mol. The smallest absolute Gasteiger partial charge is 0.318 e. The lowest BCUT2D eigenvalue weighted by Gasteiger charge is -2.35. The monoisotopic (exact) mass is 585 g/mol. The molecule has 0 amide bonds. The average Bonchev–Trinajstić information content (AvgIpc) is 2.99. The Morgan fingerprint density at radius 3 is 2.34 bits per heavy atom. The highest BCUT2D eigenvalue weighted by atomic mass is 32.2. The SMILES string of the molecule is COc1cc(C)c(S(=O)(=O)N2CCCCC2COc2nccc(N3CCC(CCN4CCCCC4)CC3)n2)c(C)c1. The number of benzene rings is 1. The van der Waals surface area contributed by atoms with Gasteiger partial charge in [0.1, 0.15) is 18.2 Å². The number of aromatic nitrogens is 2. The lowest BCUT2D eigenvalue weighted by atomic mass is 9.93. The molecule has 2 aromatic rings. The molecule has 0 radical (unpaired) electrons. The van der Waals surface area contributed by atoms with E-state index in [1.165, 1.54) is 58.2 Å². The summed E-state index contributed by atoms with van der Waals surface area (Å²) in [5.41, 5.74) is 1.39. The van der Waals surface area contributed by atoms with Crippen molar-refractivity contribution in [1.82, 2.24) is 19.2 Å². The molecule has 3 saturated heterocycles. The van der Waals surface area contributed by atoms with E-state index in [0.717, 1.165) is 44.1 Å². The molecule has 1 aromatic carbocycles. The Morgan fingerprint density at radius 1 is 0.927 bits per heavy atom. The minimum atomic E-state index is -3.70. The third-order valence-electron chi connectivity index (χ3n) is 9.07. The van der Waals surface area contributed by atoms with Gasteiger partial charge in [-0.05, 0) is 114 Å². The molecule has 1 unspecified atom stereocenters. The topological polar surface area (TPSA) is 88.1 Å². The molecule has 41 heavy (non-hydrogen) atoms. The van der Waals surface area contributed by atoms with Crippen LogP contribution in [0.25, 0.3) is 0 Å². The van der Waals surface area contributed by atoms with E-state index in [4.69, 9.17) is 14.5 Å². The summed E-state index contributed by atoms with van der Waals surface area (Å²) in [5, 5.41) is 0. The number of piperidine rings is 3. The van der Waals surface area contributed by atoms with Crippen LogP contribution < -0.4 is 14.4 Å². The third kappa shape index (κ3) is 7.32. The molecule has 0 saturated carbocycles. The minimum Gasteiger partial charge on any atom is -0.497 e. The number of nitrogens with zero attached hydrogens (tertiary/aromatic N) is 5. The van der Waals surface area contributed by atoms with E-state index in [2.05, 4.69) is 14.8 Å². The molecule has 4 heterocycles. The molecular formula is C31H47N5O4S. The van der Waals surface area contributed by atoms with Gasteiger partial charge in [-0.1, -0.05) is 12.8 Å². The summed E-state index contributed by atoms with van der Waals surface area (Å²) in [6.45, 7) is 10.1. The Labute approximate surface area is 246 Å². The van der Waals surface area contributed by atoms with Crippen molar-refractivity contribution in [3.63, 3.8) is 0 Å². The fraction of sp³-hybridized carbons (Fsp3) is 0.677. The number of aryl methyl sites for hydroxylation is 2. The summed E-state index contributed by atoms with van der Waals surface area (Å²) in [6, 6.07) is 5.57. The summed E-state index contributed by atoms with van der Waals surface area (Å²) >= 11 is 0. The van der Waals surface area contributed by atoms with E-state index in [0.29, 0.717) is 34.3 Å². The van der Waals surface area contributed by atoms with Gasteiger partial charge in [-0.3, -0.25) is 0 Å². The van der Waals surface area contributed by atoms with Crippen LogP contribution in [0.3, 0.4) is 0 Å². The van der Waals surface area contributed by atoms with Crippen LogP contribution in [0.2, 0.25) is 0 Å². The highest BCUT2D eigenvalue weighted by Gasteiger charge is 2.36. The minimum absolute atomic E-state index is 0.232. The molecule has 3 aliphatic rings. The van der Waals surface area contributed by atoms with Gasteiger partial charge in [0.25, 0.3) is 0 Å². The number of hydrogen-bond acceptors (Lipinski definition) is 8. The van der Waals surface area contributed by atoms with Crippen molar-refractivity contribution in [2.45, 2.75) is 82.6 Å². The van der Waals surface area contributed by atoms with Gasteiger partial charge >= 0.3 is 6.01 Å². The maximum absolute atomic E-state index is 13.9. The van der Waals surface area contributed by atoms with Crippen LogP contribution in [-0.2, 0) is 10.0 Å². The number of sulfonamides is 1. The summed E-state index contributed by atoms with van der Waals surface area (Å²) in [4.78, 5) is 14.4. The molecule has 9 nitrogen and oxygen atoms in total. The van der Waals surface area contributed by atoms with E-state index < -0.39 is 10.0 Å². The zero-order valence-electron chi connectivity index (χ0n) is 25.1. The van der Waals surface area contributed by atoms with Crippen LogP contribution in [0.4, 0.5) is 5.82 Å². The molecule has 0 aliphatic carbocycles. The molecule has 0 N–H and O–H groups in total. The highest BCUT2D eigenvalue weighted by molar-refractivity contribution is 7.89. The van der Waals surface area contributed by atoms with Gasteiger partial charge in [-0.25, -0.2) is 13.4 Å². The van der Waals surface area contributed by atoms with Crippen LogP contribution in [0.1, 0.15) is 68.9 Å². The number of hydrogen-bond donors (Lipinski definition) is 0. The fourth-order valence-electron chi connectivity index (χ4n) is 6.76. The first-order valence-corrected chi connectivity index (χ1v) is 16.9. The normalized spacial score (nSPS) is 21.6. The molecule has 10 heteroatoms. The van der Waals surface area contributed by atoms with Crippen LogP contribution in [-0.4, -0.2) is 86.6 Å². The van der Waals surface area contributed by atoms with E-state index in [1.54, 1.807) is 29.7 Å². The van der Waals surface area contributed by atoms with Crippen molar-refractivity contribution < 1.29 is 17.9 Å². The predicted octanol–water partition coefficient (Wildman–Crippen LogP) is 4.82. The zero-order chi connectivity index (χ0) is 28.8. The first kappa shape index (κ1) is 30.0. The van der Waals surface area contributed by atoms with E-state index in [-0.39, 0.29) is 12.6 Å². The maximum Gasteiger partial charge on any atom is 0.318 e. The Bertz CT molecular complexity index is 1240. The number of rotatable bonds is 10. The van der Waals surface area contributed by atoms with Crippen molar-refractivity contribution in [1.29, 1.82) is 0 Å². The predicted molar refractivity (Wildman–Crippen MR) is 161 cm³/mol. The van der Waals surface area contributed by atoms with Crippen molar-refractivity contribution in [2.24, 2.45) is 5.92 Å². The molecule has 3 aliphatic heterocycles. The van der Waals surface area contributed by atoms with Gasteiger partial charge < -0.3 is 19.3 Å². The molecule has 1 aromatic heterocycles. The molecule has 0 bridgehead atoms. The van der Waals surface area contributed by atoms with Crippen molar-refractivity contribution >= 4 is 15.8 Å². The second kappa shape index (κ2) is 13.7. The lowest BCUT2D eigenvalue weighted by molar-refractivity contribution is 0.161. The van der Waals surface area contributed by atoms with E-state index >= 15 is 0 Å². The second-order valence-electron chi connectivity index (χ2n) is 12.0. The highest BCUT2D eigenvalue weighted by Crippen LogP contribution is 2.32. The molecule has 5 rings (SSSR count).